The molecule has 100 valence electrons. The SMILES string of the molecule is CCCN(C)S(=O)(=NC1CC1)c1cccc(N)c1. The van der Waals surface area contributed by atoms with Crippen LogP contribution in [0.5, 0.6) is 0 Å². The minimum absolute atomic E-state index is 0.262. The van der Waals surface area contributed by atoms with Crippen molar-refractivity contribution in [2.75, 3.05) is 19.3 Å². The fourth-order valence-corrected chi connectivity index (χ4v) is 4.05. The summed E-state index contributed by atoms with van der Waals surface area (Å²) >= 11 is 0. The Hall–Kier alpha value is -1.07. The van der Waals surface area contributed by atoms with Crippen molar-refractivity contribution < 1.29 is 4.21 Å². The molecule has 18 heavy (non-hydrogen) atoms. The molecule has 1 aromatic carbocycles. The fraction of sp³-hybridized carbons (Fsp3) is 0.538. The minimum Gasteiger partial charge on any atom is -0.399 e. The van der Waals surface area contributed by atoms with Gasteiger partial charge in [-0.05, 0) is 37.5 Å². The summed E-state index contributed by atoms with van der Waals surface area (Å²) in [6.45, 7) is 2.84. The lowest BCUT2D eigenvalue weighted by Gasteiger charge is -2.21. The standard InChI is InChI=1S/C13H21N3OS/c1-3-9-16(2)18(17,15-12-7-8-12)13-6-4-5-11(14)10-13/h4-6,10,12H,3,7-9,14H2,1-2H3. The number of rotatable bonds is 5. The Morgan fingerprint density at radius 3 is 2.78 bits per heavy atom. The summed E-state index contributed by atoms with van der Waals surface area (Å²) in [6.07, 6.45) is 3.06. The molecule has 2 N–H and O–H groups in total. The van der Waals surface area contributed by atoms with Gasteiger partial charge in [0, 0.05) is 19.3 Å². The molecule has 0 amide bonds. The van der Waals surface area contributed by atoms with Gasteiger partial charge in [-0.3, -0.25) is 0 Å². The maximum atomic E-state index is 13.2. The molecule has 1 aromatic rings. The van der Waals surface area contributed by atoms with Crippen LogP contribution in [0.4, 0.5) is 5.69 Å². The lowest BCUT2D eigenvalue weighted by Crippen LogP contribution is -2.28. The summed E-state index contributed by atoms with van der Waals surface area (Å²) in [4.78, 5) is 0.727. The van der Waals surface area contributed by atoms with Gasteiger partial charge in [0.05, 0.1) is 10.9 Å². The third-order valence-corrected chi connectivity index (χ3v) is 5.44. The highest BCUT2D eigenvalue weighted by molar-refractivity contribution is 7.91. The molecule has 0 aromatic heterocycles. The van der Waals surface area contributed by atoms with Crippen molar-refractivity contribution >= 4 is 15.6 Å². The fourth-order valence-electron chi connectivity index (χ4n) is 1.82. The normalized spacial score (nSPS) is 18.6. The van der Waals surface area contributed by atoms with Crippen LogP contribution in [-0.4, -0.2) is 28.1 Å². The number of nitrogens with two attached hydrogens (primary N) is 1. The minimum atomic E-state index is -2.49. The smallest absolute Gasteiger partial charge is 0.139 e. The Labute approximate surface area is 109 Å². The molecule has 1 atom stereocenters. The van der Waals surface area contributed by atoms with Crippen molar-refractivity contribution in [2.24, 2.45) is 4.36 Å². The molecular formula is C13H21N3OS. The second kappa shape index (κ2) is 5.28. The first-order valence-corrected chi connectivity index (χ1v) is 7.86. The summed E-state index contributed by atoms with van der Waals surface area (Å²) in [5.74, 6) is 0. The summed E-state index contributed by atoms with van der Waals surface area (Å²) in [5, 5.41) is 0. The van der Waals surface area contributed by atoms with Crippen molar-refractivity contribution in [1.82, 2.24) is 4.31 Å². The molecule has 0 spiro atoms. The Morgan fingerprint density at radius 2 is 2.22 bits per heavy atom. The van der Waals surface area contributed by atoms with E-state index in [1.165, 1.54) is 0 Å². The monoisotopic (exact) mass is 267 g/mol. The largest absolute Gasteiger partial charge is 0.399 e. The van der Waals surface area contributed by atoms with E-state index in [1.54, 1.807) is 12.1 Å². The van der Waals surface area contributed by atoms with Gasteiger partial charge in [0.1, 0.15) is 9.92 Å². The molecule has 1 fully saturated rings. The van der Waals surface area contributed by atoms with E-state index in [4.69, 9.17) is 5.73 Å². The van der Waals surface area contributed by atoms with Crippen LogP contribution in [0.3, 0.4) is 0 Å². The first-order chi connectivity index (χ1) is 8.56. The maximum absolute atomic E-state index is 13.2. The zero-order valence-electron chi connectivity index (χ0n) is 11.0. The number of benzene rings is 1. The molecule has 0 bridgehead atoms. The van der Waals surface area contributed by atoms with E-state index < -0.39 is 9.92 Å². The summed E-state index contributed by atoms with van der Waals surface area (Å²) in [7, 11) is -0.614. The van der Waals surface area contributed by atoms with Gasteiger partial charge in [-0.1, -0.05) is 13.0 Å². The first-order valence-electron chi connectivity index (χ1n) is 6.39. The highest BCUT2D eigenvalue weighted by Crippen LogP contribution is 2.29. The van der Waals surface area contributed by atoms with Gasteiger partial charge in [0.25, 0.3) is 0 Å². The molecule has 0 aliphatic heterocycles. The highest BCUT2D eigenvalue weighted by atomic mass is 32.2. The number of anilines is 1. The number of hydrogen-bond acceptors (Lipinski definition) is 3. The maximum Gasteiger partial charge on any atom is 0.139 e. The average molecular weight is 267 g/mol. The van der Waals surface area contributed by atoms with Crippen LogP contribution in [0.2, 0.25) is 0 Å². The van der Waals surface area contributed by atoms with Crippen LogP contribution in [0, 0.1) is 0 Å². The molecule has 1 saturated carbocycles. The first kappa shape index (κ1) is 13.4. The predicted octanol–water partition coefficient (Wildman–Crippen LogP) is 2.51. The van der Waals surface area contributed by atoms with E-state index in [1.807, 2.05) is 23.5 Å². The van der Waals surface area contributed by atoms with Crippen LogP contribution in [0.1, 0.15) is 26.2 Å². The van der Waals surface area contributed by atoms with Gasteiger partial charge in [0.2, 0.25) is 0 Å². The molecular weight excluding hydrogens is 246 g/mol. The molecule has 0 heterocycles. The molecule has 2 rings (SSSR count). The van der Waals surface area contributed by atoms with E-state index in [-0.39, 0.29) is 6.04 Å². The number of nitrogen functional groups attached to an aromatic ring is 1. The number of hydrogen-bond donors (Lipinski definition) is 1. The third-order valence-electron chi connectivity index (χ3n) is 2.96. The molecule has 4 nitrogen and oxygen atoms in total. The Morgan fingerprint density at radius 1 is 1.50 bits per heavy atom. The van der Waals surface area contributed by atoms with Crippen LogP contribution in [0.25, 0.3) is 0 Å². The van der Waals surface area contributed by atoms with E-state index in [0.717, 1.165) is 30.7 Å². The quantitative estimate of drug-likeness (QED) is 0.833. The Balaban J connectivity index is 2.45. The zero-order valence-corrected chi connectivity index (χ0v) is 11.8. The number of nitrogens with zero attached hydrogens (tertiary/aromatic N) is 2. The lowest BCUT2D eigenvalue weighted by atomic mass is 10.3. The molecule has 0 saturated heterocycles. The second-order valence-electron chi connectivity index (χ2n) is 4.76. The molecule has 1 unspecified atom stereocenters. The van der Waals surface area contributed by atoms with E-state index in [9.17, 15) is 4.21 Å². The van der Waals surface area contributed by atoms with Gasteiger partial charge in [-0.25, -0.2) is 12.9 Å². The zero-order chi connectivity index (χ0) is 13.2. The van der Waals surface area contributed by atoms with E-state index in [2.05, 4.69) is 11.3 Å². The van der Waals surface area contributed by atoms with Crippen LogP contribution >= 0.6 is 0 Å². The predicted molar refractivity (Wildman–Crippen MR) is 75.6 cm³/mol. The lowest BCUT2D eigenvalue weighted by molar-refractivity contribution is 0.509. The van der Waals surface area contributed by atoms with Crippen molar-refractivity contribution in [3.05, 3.63) is 24.3 Å². The van der Waals surface area contributed by atoms with Crippen LogP contribution in [-0.2, 0) is 9.92 Å². The van der Waals surface area contributed by atoms with Crippen molar-refractivity contribution in [3.8, 4) is 0 Å². The highest BCUT2D eigenvalue weighted by Gasteiger charge is 2.27. The average Bonchev–Trinajstić information content (AvgIpc) is 3.13. The van der Waals surface area contributed by atoms with Crippen molar-refractivity contribution in [1.29, 1.82) is 0 Å². The van der Waals surface area contributed by atoms with Crippen LogP contribution in [0.15, 0.2) is 33.5 Å². The summed E-state index contributed by atoms with van der Waals surface area (Å²) in [6, 6.07) is 7.54. The molecule has 1 aliphatic carbocycles. The third kappa shape index (κ3) is 2.84. The summed E-state index contributed by atoms with van der Waals surface area (Å²) in [5.41, 5.74) is 6.43. The van der Waals surface area contributed by atoms with Gasteiger partial charge >= 0.3 is 0 Å². The molecule has 1 aliphatic rings. The molecule has 0 radical (unpaired) electrons. The Kier molecular flexibility index (Phi) is 3.92. The van der Waals surface area contributed by atoms with Crippen molar-refractivity contribution in [2.45, 2.75) is 37.1 Å². The van der Waals surface area contributed by atoms with Crippen molar-refractivity contribution in [3.63, 3.8) is 0 Å². The summed E-state index contributed by atoms with van der Waals surface area (Å²) < 4.78 is 19.6. The van der Waals surface area contributed by atoms with Gasteiger partial charge in [0.15, 0.2) is 0 Å². The topological polar surface area (TPSA) is 58.7 Å². The van der Waals surface area contributed by atoms with Crippen LogP contribution < -0.4 is 5.73 Å². The van der Waals surface area contributed by atoms with Gasteiger partial charge < -0.3 is 5.73 Å². The second-order valence-corrected chi connectivity index (χ2v) is 7.06. The molecule has 5 heteroatoms. The van der Waals surface area contributed by atoms with E-state index in [0.29, 0.717) is 5.69 Å². The Bertz CT molecular complexity index is 531. The van der Waals surface area contributed by atoms with Gasteiger partial charge in [-0.2, -0.15) is 0 Å². The van der Waals surface area contributed by atoms with Gasteiger partial charge in [-0.15, -0.1) is 0 Å². The van der Waals surface area contributed by atoms with E-state index >= 15 is 0 Å².